The van der Waals surface area contributed by atoms with Crippen LogP contribution in [0.15, 0.2) is 46.6 Å². The molecule has 156 valence electrons. The molecular weight excluding hydrogens is 402 g/mol. The maximum Gasteiger partial charge on any atom is 0.306 e. The van der Waals surface area contributed by atoms with Crippen LogP contribution in [-0.2, 0) is 27.3 Å². The normalized spacial score (nSPS) is 13.4. The number of carbonyl (C=O) groups is 2. The molecule has 0 atom stereocenters. The number of likely N-dealkylation sites (N-methyl/N-ethyl adjacent to an activating group) is 1. The first kappa shape index (κ1) is 20.3. The van der Waals surface area contributed by atoms with Crippen molar-refractivity contribution in [3.05, 3.63) is 62.8 Å². The standard InChI is InChI=1S/C22H23N3O4S/c1-24(13-16-5-4-12-30-16)20(26)14-29-21(27)11-10-19-23-18-7-3-2-6-17(18)22(28)25(19)15-8-9-15/h2-7,12,15H,8-11,13-14H2,1H3. The number of rotatable bonds is 8. The first-order chi connectivity index (χ1) is 14.5. The Morgan fingerprint density at radius 1 is 1.23 bits per heavy atom. The molecule has 3 aromatic rings. The molecule has 0 bridgehead atoms. The van der Waals surface area contributed by atoms with Crippen LogP contribution in [0.5, 0.6) is 0 Å². The van der Waals surface area contributed by atoms with E-state index in [1.54, 1.807) is 35.1 Å². The lowest BCUT2D eigenvalue weighted by atomic mass is 10.2. The molecule has 1 amide bonds. The molecule has 0 spiro atoms. The second kappa shape index (κ2) is 8.79. The second-order valence-electron chi connectivity index (χ2n) is 7.44. The fourth-order valence-electron chi connectivity index (χ4n) is 3.34. The molecule has 4 rings (SSSR count). The van der Waals surface area contributed by atoms with E-state index in [0.717, 1.165) is 17.7 Å². The maximum absolute atomic E-state index is 12.9. The molecule has 1 aliphatic carbocycles. The number of fused-ring (bicyclic) bond motifs is 1. The van der Waals surface area contributed by atoms with Crippen molar-refractivity contribution >= 4 is 34.1 Å². The second-order valence-corrected chi connectivity index (χ2v) is 8.47. The van der Waals surface area contributed by atoms with Crippen LogP contribution in [0, 0.1) is 0 Å². The van der Waals surface area contributed by atoms with Gasteiger partial charge in [-0.05, 0) is 36.4 Å². The molecule has 8 heteroatoms. The summed E-state index contributed by atoms with van der Waals surface area (Å²) in [7, 11) is 1.68. The van der Waals surface area contributed by atoms with Crippen molar-refractivity contribution in [3.63, 3.8) is 0 Å². The number of carbonyl (C=O) groups excluding carboxylic acids is 2. The molecule has 0 unspecified atom stereocenters. The zero-order chi connectivity index (χ0) is 21.1. The Labute approximate surface area is 177 Å². The van der Waals surface area contributed by atoms with Gasteiger partial charge in [-0.2, -0.15) is 0 Å². The van der Waals surface area contributed by atoms with Crippen LogP contribution >= 0.6 is 11.3 Å². The molecule has 7 nitrogen and oxygen atoms in total. The number of aryl methyl sites for hydroxylation is 1. The fourth-order valence-corrected chi connectivity index (χ4v) is 4.10. The van der Waals surface area contributed by atoms with Gasteiger partial charge in [0.2, 0.25) is 0 Å². The first-order valence-corrected chi connectivity index (χ1v) is 10.8. The largest absolute Gasteiger partial charge is 0.456 e. The summed E-state index contributed by atoms with van der Waals surface area (Å²) in [5.41, 5.74) is 0.574. The summed E-state index contributed by atoms with van der Waals surface area (Å²) in [6.07, 6.45) is 2.26. The van der Waals surface area contributed by atoms with Crippen molar-refractivity contribution in [2.75, 3.05) is 13.7 Å². The summed E-state index contributed by atoms with van der Waals surface area (Å²) in [5, 5.41) is 2.55. The Kier molecular flexibility index (Phi) is 5.94. The van der Waals surface area contributed by atoms with Crippen molar-refractivity contribution in [2.45, 2.75) is 38.3 Å². The van der Waals surface area contributed by atoms with E-state index in [1.807, 2.05) is 29.6 Å². The highest BCUT2D eigenvalue weighted by molar-refractivity contribution is 7.09. The van der Waals surface area contributed by atoms with Crippen LogP contribution < -0.4 is 5.56 Å². The third-order valence-electron chi connectivity index (χ3n) is 5.10. The van der Waals surface area contributed by atoms with Crippen LogP contribution in [0.2, 0.25) is 0 Å². The monoisotopic (exact) mass is 425 g/mol. The van der Waals surface area contributed by atoms with Crippen LogP contribution in [-0.4, -0.2) is 40.0 Å². The van der Waals surface area contributed by atoms with Crippen LogP contribution in [0.1, 0.15) is 36.0 Å². The van der Waals surface area contributed by atoms with Crippen LogP contribution in [0.4, 0.5) is 0 Å². The number of para-hydroxylation sites is 1. The summed E-state index contributed by atoms with van der Waals surface area (Å²) in [6, 6.07) is 11.3. The topological polar surface area (TPSA) is 81.5 Å². The molecule has 1 aromatic carbocycles. The smallest absolute Gasteiger partial charge is 0.306 e. The van der Waals surface area contributed by atoms with E-state index in [4.69, 9.17) is 4.74 Å². The number of ether oxygens (including phenoxy) is 1. The maximum atomic E-state index is 12.9. The minimum atomic E-state index is -0.474. The first-order valence-electron chi connectivity index (χ1n) is 9.95. The van der Waals surface area contributed by atoms with Crippen molar-refractivity contribution in [1.29, 1.82) is 0 Å². The van der Waals surface area contributed by atoms with Crippen molar-refractivity contribution in [3.8, 4) is 0 Å². The number of amides is 1. The number of esters is 1. The zero-order valence-electron chi connectivity index (χ0n) is 16.7. The molecule has 30 heavy (non-hydrogen) atoms. The van der Waals surface area contributed by atoms with Crippen molar-refractivity contribution < 1.29 is 14.3 Å². The lowest BCUT2D eigenvalue weighted by Gasteiger charge is -2.16. The van der Waals surface area contributed by atoms with E-state index < -0.39 is 5.97 Å². The number of hydrogen-bond donors (Lipinski definition) is 0. The summed E-state index contributed by atoms with van der Waals surface area (Å²) in [5.74, 6) is -0.132. The number of nitrogens with zero attached hydrogens (tertiary/aromatic N) is 3. The predicted octanol–water partition coefficient (Wildman–Crippen LogP) is 2.93. The van der Waals surface area contributed by atoms with Crippen molar-refractivity contribution in [2.24, 2.45) is 0 Å². The van der Waals surface area contributed by atoms with E-state index in [1.165, 1.54) is 4.90 Å². The Hall–Kier alpha value is -3.00. The predicted molar refractivity (Wildman–Crippen MR) is 114 cm³/mol. The molecule has 1 fully saturated rings. The summed E-state index contributed by atoms with van der Waals surface area (Å²) in [6.45, 7) is 0.198. The summed E-state index contributed by atoms with van der Waals surface area (Å²) in [4.78, 5) is 44.5. The van der Waals surface area contributed by atoms with Gasteiger partial charge in [0.05, 0.1) is 23.9 Å². The van der Waals surface area contributed by atoms with Crippen LogP contribution in [0.3, 0.4) is 0 Å². The highest BCUT2D eigenvalue weighted by Gasteiger charge is 2.28. The molecule has 2 aromatic heterocycles. The van der Waals surface area contributed by atoms with E-state index in [-0.39, 0.29) is 30.5 Å². The van der Waals surface area contributed by atoms with Gasteiger partial charge in [-0.25, -0.2) is 4.98 Å². The third kappa shape index (κ3) is 4.59. The fraction of sp³-hybridized carbons (Fsp3) is 0.364. The van der Waals surface area contributed by atoms with E-state index in [0.29, 0.717) is 29.7 Å². The number of thiophene rings is 1. The quantitative estimate of drug-likeness (QED) is 0.519. The van der Waals surface area contributed by atoms with Gasteiger partial charge in [0.25, 0.3) is 11.5 Å². The Morgan fingerprint density at radius 3 is 2.77 bits per heavy atom. The third-order valence-corrected chi connectivity index (χ3v) is 5.96. The van der Waals surface area contributed by atoms with Gasteiger partial charge in [-0.3, -0.25) is 19.0 Å². The molecule has 0 saturated heterocycles. The Morgan fingerprint density at radius 2 is 2.03 bits per heavy atom. The van der Waals surface area contributed by atoms with Gasteiger partial charge < -0.3 is 9.64 Å². The van der Waals surface area contributed by atoms with E-state index >= 15 is 0 Å². The minimum Gasteiger partial charge on any atom is -0.456 e. The average molecular weight is 426 g/mol. The molecule has 1 saturated carbocycles. The lowest BCUT2D eigenvalue weighted by molar-refractivity contribution is -0.151. The van der Waals surface area contributed by atoms with Gasteiger partial charge in [-0.15, -0.1) is 11.3 Å². The van der Waals surface area contributed by atoms with Gasteiger partial charge in [0.1, 0.15) is 5.82 Å². The highest BCUT2D eigenvalue weighted by Crippen LogP contribution is 2.34. The molecule has 0 radical (unpaired) electrons. The molecular formula is C22H23N3O4S. The van der Waals surface area contributed by atoms with Crippen LogP contribution in [0.25, 0.3) is 10.9 Å². The Bertz CT molecular complexity index is 1120. The number of hydrogen-bond acceptors (Lipinski definition) is 6. The van der Waals surface area contributed by atoms with E-state index in [9.17, 15) is 14.4 Å². The Balaban J connectivity index is 1.36. The molecule has 0 N–H and O–H groups in total. The van der Waals surface area contributed by atoms with E-state index in [2.05, 4.69) is 4.98 Å². The average Bonchev–Trinajstić information content (AvgIpc) is 3.45. The van der Waals surface area contributed by atoms with Crippen molar-refractivity contribution in [1.82, 2.24) is 14.5 Å². The highest BCUT2D eigenvalue weighted by atomic mass is 32.1. The number of benzene rings is 1. The minimum absolute atomic E-state index is 0.0585. The SMILES string of the molecule is CN(Cc1cccs1)C(=O)COC(=O)CCc1nc2ccccc2c(=O)n1C1CC1. The zero-order valence-corrected chi connectivity index (χ0v) is 17.6. The van der Waals surface area contributed by atoms with Gasteiger partial charge in [-0.1, -0.05) is 18.2 Å². The lowest BCUT2D eigenvalue weighted by Crippen LogP contribution is -2.30. The van der Waals surface area contributed by atoms with Gasteiger partial charge in [0, 0.05) is 24.4 Å². The molecule has 2 heterocycles. The van der Waals surface area contributed by atoms with Gasteiger partial charge in [0.15, 0.2) is 6.61 Å². The molecule has 1 aliphatic rings. The molecule has 0 aliphatic heterocycles. The summed E-state index contributed by atoms with van der Waals surface area (Å²) < 4.78 is 6.88. The number of aromatic nitrogens is 2. The summed E-state index contributed by atoms with van der Waals surface area (Å²) >= 11 is 1.57. The van der Waals surface area contributed by atoms with Gasteiger partial charge >= 0.3 is 5.97 Å².